The molecule has 4 rings (SSSR count). The predicted octanol–water partition coefficient (Wildman–Crippen LogP) is 6.11. The number of anilines is 1. The molecule has 10 heteroatoms. The molecule has 1 saturated carbocycles. The number of nitrogens with zero attached hydrogens (tertiary/aromatic N) is 2. The van der Waals surface area contributed by atoms with E-state index in [1.54, 1.807) is 36.4 Å². The van der Waals surface area contributed by atoms with Gasteiger partial charge in [-0.05, 0) is 80.3 Å². The molecule has 1 aliphatic carbocycles. The Morgan fingerprint density at radius 1 is 0.953 bits per heavy atom. The zero-order chi connectivity index (χ0) is 31.0. The number of amides is 2. The van der Waals surface area contributed by atoms with Gasteiger partial charge < -0.3 is 15.0 Å². The maximum atomic E-state index is 14.2. The van der Waals surface area contributed by atoms with E-state index in [4.69, 9.17) is 16.3 Å². The number of benzene rings is 3. The smallest absolute Gasteiger partial charge is 0.264 e. The van der Waals surface area contributed by atoms with Crippen molar-refractivity contribution in [3.05, 3.63) is 88.9 Å². The molecule has 0 spiro atoms. The molecule has 1 fully saturated rings. The second-order valence-corrected chi connectivity index (χ2v) is 13.2. The summed E-state index contributed by atoms with van der Waals surface area (Å²) in [4.78, 5) is 29.4. The first-order valence-corrected chi connectivity index (χ1v) is 16.5. The van der Waals surface area contributed by atoms with E-state index in [0.717, 1.165) is 47.5 Å². The number of aryl methyl sites for hydroxylation is 1. The third-order valence-electron chi connectivity index (χ3n) is 7.85. The summed E-state index contributed by atoms with van der Waals surface area (Å²) in [5.41, 5.74) is 2.20. The molecular weight excluding hydrogens is 586 g/mol. The van der Waals surface area contributed by atoms with Crippen LogP contribution in [0.15, 0.2) is 77.7 Å². The molecule has 0 unspecified atom stereocenters. The van der Waals surface area contributed by atoms with Crippen molar-refractivity contribution in [2.24, 2.45) is 0 Å². The summed E-state index contributed by atoms with van der Waals surface area (Å²) >= 11 is 6.11. The first kappa shape index (κ1) is 32.4. The molecule has 1 atom stereocenters. The maximum Gasteiger partial charge on any atom is 0.264 e. The van der Waals surface area contributed by atoms with Gasteiger partial charge in [0.05, 0.1) is 17.7 Å². The zero-order valence-corrected chi connectivity index (χ0v) is 26.5. The number of ether oxygens (including phenoxy) is 1. The van der Waals surface area contributed by atoms with Crippen LogP contribution in [-0.4, -0.2) is 50.9 Å². The number of sulfonamides is 1. The lowest BCUT2D eigenvalue weighted by Crippen LogP contribution is -2.54. The monoisotopic (exact) mass is 625 g/mol. The van der Waals surface area contributed by atoms with E-state index in [9.17, 15) is 18.0 Å². The summed E-state index contributed by atoms with van der Waals surface area (Å²) in [7, 11) is -2.69. The van der Waals surface area contributed by atoms with Crippen LogP contribution >= 0.6 is 11.6 Å². The van der Waals surface area contributed by atoms with Gasteiger partial charge in [0.15, 0.2) is 0 Å². The van der Waals surface area contributed by atoms with Gasteiger partial charge in [-0.3, -0.25) is 13.9 Å². The van der Waals surface area contributed by atoms with Crippen LogP contribution in [0.4, 0.5) is 5.69 Å². The minimum Gasteiger partial charge on any atom is -0.497 e. The Morgan fingerprint density at radius 3 is 2.16 bits per heavy atom. The van der Waals surface area contributed by atoms with Crippen LogP contribution in [0, 0.1) is 6.92 Å². The van der Waals surface area contributed by atoms with Crippen LogP contribution in [0.1, 0.15) is 56.6 Å². The molecule has 0 aliphatic heterocycles. The lowest BCUT2D eigenvalue weighted by molar-refractivity contribution is -0.140. The number of carbonyl (C=O) groups is 2. The molecule has 230 valence electrons. The fraction of sp³-hybridized carbons (Fsp3) is 0.394. The van der Waals surface area contributed by atoms with Crippen molar-refractivity contribution in [1.82, 2.24) is 10.2 Å². The fourth-order valence-corrected chi connectivity index (χ4v) is 6.91. The normalized spacial score (nSPS) is 14.5. The van der Waals surface area contributed by atoms with Gasteiger partial charge in [-0.1, -0.05) is 67.6 Å². The lowest BCUT2D eigenvalue weighted by Gasteiger charge is -2.34. The number of carbonyl (C=O) groups excluding carboxylic acids is 2. The SMILES string of the molecule is CC[C@H](C(=O)NC1CCCCC1)N(Cc1ccc(C)cc1)C(=O)CN(c1ccc(Cl)cc1)S(=O)(=O)c1ccc(OC)cc1. The van der Waals surface area contributed by atoms with E-state index >= 15 is 0 Å². The summed E-state index contributed by atoms with van der Waals surface area (Å²) in [6, 6.07) is 19.3. The van der Waals surface area contributed by atoms with Gasteiger partial charge in [-0.25, -0.2) is 8.42 Å². The molecule has 2 amide bonds. The quantitative estimate of drug-likeness (QED) is 0.262. The Kier molecular flexibility index (Phi) is 11.1. The summed E-state index contributed by atoms with van der Waals surface area (Å²) in [5, 5.41) is 3.60. The average Bonchev–Trinajstić information content (AvgIpc) is 3.01. The molecule has 43 heavy (non-hydrogen) atoms. The van der Waals surface area contributed by atoms with Crippen LogP contribution in [0.3, 0.4) is 0 Å². The number of hydrogen-bond acceptors (Lipinski definition) is 5. The van der Waals surface area contributed by atoms with Crippen LogP contribution in [0.25, 0.3) is 0 Å². The molecule has 3 aromatic rings. The van der Waals surface area contributed by atoms with Crippen LogP contribution < -0.4 is 14.4 Å². The van der Waals surface area contributed by atoms with Crippen molar-refractivity contribution in [3.63, 3.8) is 0 Å². The molecule has 0 aromatic heterocycles. The predicted molar refractivity (Wildman–Crippen MR) is 170 cm³/mol. The van der Waals surface area contributed by atoms with E-state index < -0.39 is 28.5 Å². The molecule has 0 bridgehead atoms. The second-order valence-electron chi connectivity index (χ2n) is 10.9. The second kappa shape index (κ2) is 14.8. The molecule has 0 saturated heterocycles. The van der Waals surface area contributed by atoms with E-state index in [2.05, 4.69) is 5.32 Å². The molecule has 1 N–H and O–H groups in total. The first-order chi connectivity index (χ1) is 20.6. The van der Waals surface area contributed by atoms with E-state index in [0.29, 0.717) is 17.2 Å². The van der Waals surface area contributed by atoms with Gasteiger partial charge >= 0.3 is 0 Å². The van der Waals surface area contributed by atoms with Gasteiger partial charge in [-0.15, -0.1) is 0 Å². The Bertz CT molecular complexity index is 1470. The molecule has 3 aromatic carbocycles. The standard InChI is InChI=1S/C33H40ClN3O5S/c1-4-31(33(39)35-27-8-6-5-7-9-27)36(22-25-12-10-24(2)11-13-25)32(38)23-37(28-16-14-26(34)15-17-28)43(40,41)30-20-18-29(42-3)19-21-30/h10-21,27,31H,4-9,22-23H2,1-3H3,(H,35,39)/t31-/m1/s1. The molecule has 1 aliphatic rings. The van der Waals surface area contributed by atoms with Crippen LogP contribution in [0.5, 0.6) is 5.75 Å². The number of halogens is 1. The minimum atomic E-state index is -4.19. The Hall–Kier alpha value is -3.56. The van der Waals surface area contributed by atoms with Crippen molar-refractivity contribution in [2.75, 3.05) is 18.0 Å². The molecule has 0 heterocycles. The number of nitrogens with one attached hydrogen (secondary N) is 1. The highest BCUT2D eigenvalue weighted by molar-refractivity contribution is 7.92. The Morgan fingerprint density at radius 2 is 1.58 bits per heavy atom. The summed E-state index contributed by atoms with van der Waals surface area (Å²) in [5.74, 6) is -0.198. The van der Waals surface area contributed by atoms with Gasteiger partial charge in [0, 0.05) is 17.6 Å². The molecular formula is C33H40ClN3O5S. The van der Waals surface area contributed by atoms with Crippen molar-refractivity contribution in [2.45, 2.75) is 75.9 Å². The highest BCUT2D eigenvalue weighted by atomic mass is 35.5. The van der Waals surface area contributed by atoms with Crippen molar-refractivity contribution in [1.29, 1.82) is 0 Å². The number of rotatable bonds is 12. The summed E-state index contributed by atoms with van der Waals surface area (Å²) < 4.78 is 34.3. The average molecular weight is 626 g/mol. The van der Waals surface area contributed by atoms with Crippen LogP contribution in [-0.2, 0) is 26.2 Å². The number of methoxy groups -OCH3 is 1. The minimum absolute atomic E-state index is 0.00298. The highest BCUT2D eigenvalue weighted by Gasteiger charge is 2.34. The van der Waals surface area contributed by atoms with E-state index in [1.165, 1.54) is 24.1 Å². The van der Waals surface area contributed by atoms with Crippen molar-refractivity contribution >= 4 is 39.1 Å². The third kappa shape index (κ3) is 8.30. The summed E-state index contributed by atoms with van der Waals surface area (Å²) in [6.45, 7) is 3.50. The van der Waals surface area contributed by atoms with Crippen molar-refractivity contribution in [3.8, 4) is 5.75 Å². The maximum absolute atomic E-state index is 14.2. The van der Waals surface area contributed by atoms with Crippen molar-refractivity contribution < 1.29 is 22.7 Å². The largest absolute Gasteiger partial charge is 0.497 e. The number of hydrogen-bond donors (Lipinski definition) is 1. The first-order valence-electron chi connectivity index (χ1n) is 14.7. The topological polar surface area (TPSA) is 96.0 Å². The summed E-state index contributed by atoms with van der Waals surface area (Å²) in [6.07, 6.45) is 5.49. The zero-order valence-electron chi connectivity index (χ0n) is 25.0. The Balaban J connectivity index is 1.69. The molecule has 8 nitrogen and oxygen atoms in total. The lowest BCUT2D eigenvalue weighted by atomic mass is 9.95. The molecule has 0 radical (unpaired) electrons. The van der Waals surface area contributed by atoms with Gasteiger partial charge in [0.25, 0.3) is 10.0 Å². The van der Waals surface area contributed by atoms with Crippen LogP contribution in [0.2, 0.25) is 5.02 Å². The van der Waals surface area contributed by atoms with E-state index in [-0.39, 0.29) is 29.1 Å². The van der Waals surface area contributed by atoms with Gasteiger partial charge in [0.2, 0.25) is 11.8 Å². The third-order valence-corrected chi connectivity index (χ3v) is 9.89. The van der Waals surface area contributed by atoms with E-state index in [1.807, 2.05) is 38.1 Å². The fourth-order valence-electron chi connectivity index (χ4n) is 5.36. The highest BCUT2D eigenvalue weighted by Crippen LogP contribution is 2.27. The van der Waals surface area contributed by atoms with Gasteiger partial charge in [-0.2, -0.15) is 0 Å². The Labute approximate surface area is 260 Å². The van der Waals surface area contributed by atoms with Gasteiger partial charge in [0.1, 0.15) is 18.3 Å².